The molecule has 0 aliphatic carbocycles. The Balaban J connectivity index is 2.06. The Morgan fingerprint density at radius 2 is 1.75 bits per heavy atom. The average Bonchev–Trinajstić information content (AvgIpc) is 3.07. The monoisotopic (exact) mass is 345 g/mol. The third-order valence-electron chi connectivity index (χ3n) is 3.43. The highest BCUT2D eigenvalue weighted by Gasteiger charge is 2.27. The van der Waals surface area contributed by atoms with E-state index in [1.54, 1.807) is 41.8 Å². The Morgan fingerprint density at radius 1 is 1.08 bits per heavy atom. The van der Waals surface area contributed by atoms with E-state index < -0.39 is 12.0 Å². The van der Waals surface area contributed by atoms with Crippen molar-refractivity contribution in [3.05, 3.63) is 52.2 Å². The van der Waals surface area contributed by atoms with Crippen LogP contribution in [-0.4, -0.2) is 23.7 Å². The number of rotatable bonds is 6. The molecule has 2 aromatic rings. The quantitative estimate of drug-likeness (QED) is 0.495. The van der Waals surface area contributed by atoms with Gasteiger partial charge < -0.3 is 10.1 Å². The maximum absolute atomic E-state index is 12.4. The SMILES string of the molecule is CC(=O)c1ccc(OC(=O)[C@@H](NC(=O)c2cccs2)C(C)C)cc1. The first-order chi connectivity index (χ1) is 11.4. The minimum atomic E-state index is -0.757. The Hall–Kier alpha value is -2.47. The van der Waals surface area contributed by atoms with E-state index in [0.29, 0.717) is 16.2 Å². The summed E-state index contributed by atoms with van der Waals surface area (Å²) in [5.41, 5.74) is 0.543. The fourth-order valence-corrected chi connectivity index (χ4v) is 2.68. The predicted molar refractivity (Wildman–Crippen MR) is 92.5 cm³/mol. The van der Waals surface area contributed by atoms with Gasteiger partial charge in [0.1, 0.15) is 11.8 Å². The molecule has 1 amide bonds. The second-order valence-corrected chi connectivity index (χ2v) is 6.62. The molecule has 0 saturated carbocycles. The second kappa shape index (κ2) is 7.88. The topological polar surface area (TPSA) is 72.5 Å². The molecule has 0 spiro atoms. The number of benzene rings is 1. The molecule has 24 heavy (non-hydrogen) atoms. The van der Waals surface area contributed by atoms with Crippen LogP contribution < -0.4 is 10.1 Å². The zero-order valence-corrected chi connectivity index (χ0v) is 14.6. The first-order valence-corrected chi connectivity index (χ1v) is 8.43. The Kier molecular flexibility index (Phi) is 5.87. The van der Waals surface area contributed by atoms with Crippen molar-refractivity contribution in [2.75, 3.05) is 0 Å². The third kappa shape index (κ3) is 4.52. The number of Topliss-reactive ketones (excluding diaryl/α,β-unsaturated/α-hetero) is 1. The molecule has 0 bridgehead atoms. The molecule has 2 rings (SSSR count). The maximum atomic E-state index is 12.4. The third-order valence-corrected chi connectivity index (χ3v) is 4.30. The van der Waals surface area contributed by atoms with Gasteiger partial charge in [0, 0.05) is 5.56 Å². The van der Waals surface area contributed by atoms with Gasteiger partial charge in [-0.2, -0.15) is 0 Å². The number of carbonyl (C=O) groups is 3. The predicted octanol–water partition coefficient (Wildman–Crippen LogP) is 3.31. The minimum absolute atomic E-state index is 0.0591. The Bertz CT molecular complexity index is 720. The molecule has 126 valence electrons. The van der Waals surface area contributed by atoms with Crippen LogP contribution in [0.4, 0.5) is 0 Å². The van der Waals surface area contributed by atoms with E-state index in [2.05, 4.69) is 5.32 Å². The van der Waals surface area contributed by atoms with E-state index >= 15 is 0 Å². The van der Waals surface area contributed by atoms with Crippen molar-refractivity contribution in [3.63, 3.8) is 0 Å². The van der Waals surface area contributed by atoms with E-state index in [0.717, 1.165) is 0 Å². The first-order valence-electron chi connectivity index (χ1n) is 7.55. The van der Waals surface area contributed by atoms with Crippen molar-refractivity contribution in [1.29, 1.82) is 0 Å². The fourth-order valence-electron chi connectivity index (χ4n) is 2.06. The molecule has 1 aromatic carbocycles. The molecule has 1 N–H and O–H groups in total. The molecule has 1 atom stereocenters. The van der Waals surface area contributed by atoms with Crippen LogP contribution in [0.1, 0.15) is 40.8 Å². The largest absolute Gasteiger partial charge is 0.425 e. The summed E-state index contributed by atoms with van der Waals surface area (Å²) in [5.74, 6) is -0.687. The van der Waals surface area contributed by atoms with Crippen LogP contribution in [0.15, 0.2) is 41.8 Å². The van der Waals surface area contributed by atoms with E-state index in [1.165, 1.54) is 18.3 Å². The van der Waals surface area contributed by atoms with Crippen LogP contribution in [0.3, 0.4) is 0 Å². The number of thiophene rings is 1. The van der Waals surface area contributed by atoms with Crippen molar-refractivity contribution in [2.45, 2.75) is 26.8 Å². The Labute approximate surface area is 144 Å². The van der Waals surface area contributed by atoms with Gasteiger partial charge >= 0.3 is 5.97 Å². The van der Waals surface area contributed by atoms with Crippen LogP contribution in [0.5, 0.6) is 5.75 Å². The number of ether oxygens (including phenoxy) is 1. The summed E-state index contributed by atoms with van der Waals surface area (Å²) in [6.45, 7) is 5.13. The van der Waals surface area contributed by atoms with Gasteiger partial charge in [-0.1, -0.05) is 19.9 Å². The summed E-state index contributed by atoms with van der Waals surface area (Å²) >= 11 is 1.31. The van der Waals surface area contributed by atoms with Crippen molar-refractivity contribution in [2.24, 2.45) is 5.92 Å². The van der Waals surface area contributed by atoms with Crippen molar-refractivity contribution < 1.29 is 19.1 Å². The molecule has 0 fully saturated rings. The lowest BCUT2D eigenvalue weighted by molar-refractivity contribution is -0.137. The molecule has 0 unspecified atom stereocenters. The number of carbonyl (C=O) groups excluding carboxylic acids is 3. The van der Waals surface area contributed by atoms with Gasteiger partial charge in [0.2, 0.25) is 0 Å². The number of ketones is 1. The van der Waals surface area contributed by atoms with Crippen molar-refractivity contribution in [1.82, 2.24) is 5.32 Å². The molecule has 0 saturated heterocycles. The summed E-state index contributed by atoms with van der Waals surface area (Å²) in [7, 11) is 0. The first kappa shape index (κ1) is 17.9. The summed E-state index contributed by atoms with van der Waals surface area (Å²) in [6, 6.07) is 9.04. The average molecular weight is 345 g/mol. The molecular weight excluding hydrogens is 326 g/mol. The molecule has 0 aliphatic rings. The van der Waals surface area contributed by atoms with Crippen molar-refractivity contribution >= 4 is 29.0 Å². The van der Waals surface area contributed by atoms with Gasteiger partial charge in [-0.3, -0.25) is 9.59 Å². The van der Waals surface area contributed by atoms with Crippen LogP contribution in [0.25, 0.3) is 0 Å². The maximum Gasteiger partial charge on any atom is 0.334 e. The van der Waals surface area contributed by atoms with Crippen LogP contribution >= 0.6 is 11.3 Å². The standard InChI is InChI=1S/C18H19NO4S/c1-11(2)16(19-17(21)15-5-4-10-24-15)18(22)23-14-8-6-13(7-9-14)12(3)20/h4-11,16H,1-3H3,(H,19,21)/t16-/m0/s1. The number of hydrogen-bond acceptors (Lipinski definition) is 5. The lowest BCUT2D eigenvalue weighted by atomic mass is 10.0. The summed E-state index contributed by atoms with van der Waals surface area (Å²) < 4.78 is 5.33. The summed E-state index contributed by atoms with van der Waals surface area (Å²) in [5, 5.41) is 4.51. The van der Waals surface area contributed by atoms with Gasteiger partial charge in [0.05, 0.1) is 4.88 Å². The lowest BCUT2D eigenvalue weighted by Crippen LogP contribution is -2.46. The number of esters is 1. The van der Waals surface area contributed by atoms with E-state index in [9.17, 15) is 14.4 Å². The van der Waals surface area contributed by atoms with E-state index in [1.807, 2.05) is 13.8 Å². The Morgan fingerprint density at radius 3 is 2.25 bits per heavy atom. The summed E-state index contributed by atoms with van der Waals surface area (Å²) in [6.07, 6.45) is 0. The van der Waals surface area contributed by atoms with Crippen molar-refractivity contribution in [3.8, 4) is 5.75 Å². The second-order valence-electron chi connectivity index (χ2n) is 5.67. The zero-order valence-electron chi connectivity index (χ0n) is 13.7. The number of amides is 1. The molecule has 0 aliphatic heterocycles. The highest BCUT2D eigenvalue weighted by atomic mass is 32.1. The highest BCUT2D eigenvalue weighted by molar-refractivity contribution is 7.12. The lowest BCUT2D eigenvalue weighted by Gasteiger charge is -2.20. The van der Waals surface area contributed by atoms with Gasteiger partial charge in [-0.05, 0) is 48.6 Å². The normalized spacial score (nSPS) is 11.8. The van der Waals surface area contributed by atoms with Gasteiger partial charge in [-0.25, -0.2) is 4.79 Å². The zero-order chi connectivity index (χ0) is 17.7. The number of hydrogen-bond donors (Lipinski definition) is 1. The van der Waals surface area contributed by atoms with E-state index in [4.69, 9.17) is 4.74 Å². The van der Waals surface area contributed by atoms with Crippen LogP contribution in [-0.2, 0) is 4.79 Å². The minimum Gasteiger partial charge on any atom is -0.425 e. The molecule has 6 heteroatoms. The van der Waals surface area contributed by atoms with Crippen LogP contribution in [0, 0.1) is 5.92 Å². The molecule has 0 radical (unpaired) electrons. The molecule has 1 heterocycles. The molecular formula is C18H19NO4S. The molecule has 1 aromatic heterocycles. The summed E-state index contributed by atoms with van der Waals surface area (Å²) in [4.78, 5) is 36.3. The van der Waals surface area contributed by atoms with Gasteiger partial charge in [0.25, 0.3) is 5.91 Å². The van der Waals surface area contributed by atoms with Gasteiger partial charge in [-0.15, -0.1) is 11.3 Å². The smallest absolute Gasteiger partial charge is 0.334 e. The number of nitrogens with one attached hydrogen (secondary N) is 1. The highest BCUT2D eigenvalue weighted by Crippen LogP contribution is 2.16. The van der Waals surface area contributed by atoms with Gasteiger partial charge in [0.15, 0.2) is 5.78 Å². The van der Waals surface area contributed by atoms with Crippen LogP contribution in [0.2, 0.25) is 0 Å². The fraction of sp³-hybridized carbons (Fsp3) is 0.278. The molecule has 5 nitrogen and oxygen atoms in total. The van der Waals surface area contributed by atoms with E-state index in [-0.39, 0.29) is 17.6 Å².